The fourth-order valence-electron chi connectivity index (χ4n) is 1.33. The molecule has 0 amide bonds. The molecule has 0 radical (unpaired) electrons. The maximum Gasteiger partial charge on any atom is 0.0758 e. The normalized spacial score (nSPS) is 12.8. The third kappa shape index (κ3) is 3.19. The van der Waals surface area contributed by atoms with Gasteiger partial charge < -0.3 is 5.32 Å². The highest BCUT2D eigenvalue weighted by Gasteiger charge is 2.14. The third-order valence-electron chi connectivity index (χ3n) is 2.07. The summed E-state index contributed by atoms with van der Waals surface area (Å²) in [5.41, 5.74) is 1.33. The summed E-state index contributed by atoms with van der Waals surface area (Å²) in [6.45, 7) is 3.74. The second kappa shape index (κ2) is 6.05. The van der Waals surface area contributed by atoms with E-state index in [9.17, 15) is 0 Å². The number of allylic oxidation sites excluding steroid dienone is 1. The van der Waals surface area contributed by atoms with E-state index in [4.69, 9.17) is 0 Å². The molecule has 1 nitrogen and oxygen atoms in total. The predicted molar refractivity (Wildman–Crippen MR) is 71.0 cm³/mol. The number of nitrogens with one attached hydrogen (secondary N) is 1. The molecule has 1 aromatic rings. The van der Waals surface area contributed by atoms with Crippen molar-refractivity contribution in [3.05, 3.63) is 31.9 Å². The fourth-order valence-corrected chi connectivity index (χ4v) is 4.30. The SMILES string of the molecule is C=CCCC(NC)c1cc(Br)sc1Br. The minimum atomic E-state index is 0.407. The Labute approximate surface area is 106 Å². The highest BCUT2D eigenvalue weighted by Crippen LogP contribution is 2.36. The van der Waals surface area contributed by atoms with E-state index in [1.54, 1.807) is 11.3 Å². The number of halogens is 2. The van der Waals surface area contributed by atoms with Crippen LogP contribution in [0, 0.1) is 0 Å². The largest absolute Gasteiger partial charge is 0.313 e. The Morgan fingerprint density at radius 1 is 1.64 bits per heavy atom. The molecule has 0 spiro atoms. The van der Waals surface area contributed by atoms with Gasteiger partial charge in [-0.25, -0.2) is 0 Å². The van der Waals surface area contributed by atoms with Gasteiger partial charge in [0.25, 0.3) is 0 Å². The zero-order chi connectivity index (χ0) is 10.6. The molecule has 0 bridgehead atoms. The smallest absolute Gasteiger partial charge is 0.0758 e. The zero-order valence-corrected chi connectivity index (χ0v) is 12.0. The summed E-state index contributed by atoms with van der Waals surface area (Å²) in [6.07, 6.45) is 4.08. The van der Waals surface area contributed by atoms with Crippen LogP contribution in [-0.4, -0.2) is 7.05 Å². The van der Waals surface area contributed by atoms with Crippen LogP contribution in [0.25, 0.3) is 0 Å². The lowest BCUT2D eigenvalue weighted by Gasteiger charge is -2.14. The maximum absolute atomic E-state index is 3.74. The summed E-state index contributed by atoms with van der Waals surface area (Å²) in [5.74, 6) is 0. The third-order valence-corrected chi connectivity index (χ3v) is 4.45. The van der Waals surface area contributed by atoms with E-state index in [2.05, 4.69) is 49.8 Å². The molecule has 1 unspecified atom stereocenters. The van der Waals surface area contributed by atoms with Crippen LogP contribution in [-0.2, 0) is 0 Å². The summed E-state index contributed by atoms with van der Waals surface area (Å²) in [5, 5.41) is 3.32. The molecule has 0 saturated heterocycles. The van der Waals surface area contributed by atoms with Crippen molar-refractivity contribution in [3.8, 4) is 0 Å². The first-order valence-electron chi connectivity index (χ1n) is 4.42. The number of hydrogen-bond acceptors (Lipinski definition) is 2. The number of thiophene rings is 1. The molecule has 0 fully saturated rings. The van der Waals surface area contributed by atoms with Crippen molar-refractivity contribution in [2.45, 2.75) is 18.9 Å². The van der Waals surface area contributed by atoms with Crippen LogP contribution in [0.15, 0.2) is 26.3 Å². The van der Waals surface area contributed by atoms with Gasteiger partial charge in [-0.1, -0.05) is 6.08 Å². The molecule has 78 valence electrons. The molecule has 14 heavy (non-hydrogen) atoms. The molecule has 1 rings (SSSR count). The highest BCUT2D eigenvalue weighted by molar-refractivity contribution is 9.12. The minimum absolute atomic E-state index is 0.407. The molecule has 0 saturated carbocycles. The van der Waals surface area contributed by atoms with Crippen LogP contribution in [0.1, 0.15) is 24.4 Å². The van der Waals surface area contributed by atoms with Crippen LogP contribution in [0.4, 0.5) is 0 Å². The van der Waals surface area contributed by atoms with Gasteiger partial charge in [-0.15, -0.1) is 17.9 Å². The Bertz CT molecular complexity index is 309. The predicted octanol–water partition coefficient (Wildman–Crippen LogP) is 4.50. The first kappa shape index (κ1) is 12.4. The van der Waals surface area contributed by atoms with Crippen LogP contribution in [0.3, 0.4) is 0 Å². The molecule has 0 aliphatic rings. The first-order chi connectivity index (χ1) is 6.69. The van der Waals surface area contributed by atoms with E-state index in [0.29, 0.717) is 6.04 Å². The average Bonchev–Trinajstić information content (AvgIpc) is 2.47. The molecule has 0 aliphatic heterocycles. The Morgan fingerprint density at radius 3 is 2.79 bits per heavy atom. The lowest BCUT2D eigenvalue weighted by Crippen LogP contribution is -2.15. The molecular formula is C10H13Br2NS. The minimum Gasteiger partial charge on any atom is -0.313 e. The monoisotopic (exact) mass is 337 g/mol. The molecule has 0 aromatic carbocycles. The average molecular weight is 339 g/mol. The van der Waals surface area contributed by atoms with Crippen LogP contribution < -0.4 is 5.32 Å². The van der Waals surface area contributed by atoms with E-state index in [-0.39, 0.29) is 0 Å². The summed E-state index contributed by atoms with van der Waals surface area (Å²) < 4.78 is 2.37. The van der Waals surface area contributed by atoms with E-state index in [1.807, 2.05) is 13.1 Å². The van der Waals surface area contributed by atoms with Gasteiger partial charge in [0.1, 0.15) is 0 Å². The van der Waals surface area contributed by atoms with Gasteiger partial charge in [-0.05, 0) is 63.4 Å². The van der Waals surface area contributed by atoms with Crippen molar-refractivity contribution in [2.24, 2.45) is 0 Å². The van der Waals surface area contributed by atoms with Crippen molar-refractivity contribution in [3.63, 3.8) is 0 Å². The Balaban J connectivity index is 2.77. The zero-order valence-electron chi connectivity index (χ0n) is 8.02. The Morgan fingerprint density at radius 2 is 2.36 bits per heavy atom. The molecule has 1 N–H and O–H groups in total. The lowest BCUT2D eigenvalue weighted by atomic mass is 10.1. The van der Waals surface area contributed by atoms with E-state index >= 15 is 0 Å². The van der Waals surface area contributed by atoms with Crippen LogP contribution >= 0.6 is 43.2 Å². The van der Waals surface area contributed by atoms with Gasteiger partial charge in [0.05, 0.1) is 7.57 Å². The summed E-state index contributed by atoms with van der Waals surface area (Å²) in [6, 6.07) is 2.57. The molecule has 4 heteroatoms. The topological polar surface area (TPSA) is 12.0 Å². The summed E-state index contributed by atoms with van der Waals surface area (Å²) >= 11 is 8.78. The van der Waals surface area contributed by atoms with Crippen molar-refractivity contribution in [2.75, 3.05) is 7.05 Å². The molecule has 1 atom stereocenters. The molecule has 1 heterocycles. The van der Waals surface area contributed by atoms with E-state index in [0.717, 1.165) is 12.8 Å². The van der Waals surface area contributed by atoms with Gasteiger partial charge >= 0.3 is 0 Å². The quantitative estimate of drug-likeness (QED) is 0.779. The van der Waals surface area contributed by atoms with Crippen LogP contribution in [0.5, 0.6) is 0 Å². The van der Waals surface area contributed by atoms with Crippen molar-refractivity contribution < 1.29 is 0 Å². The van der Waals surface area contributed by atoms with Crippen LogP contribution in [0.2, 0.25) is 0 Å². The maximum atomic E-state index is 3.74. The van der Waals surface area contributed by atoms with Gasteiger partial charge in [0.15, 0.2) is 0 Å². The first-order valence-corrected chi connectivity index (χ1v) is 6.82. The fraction of sp³-hybridized carbons (Fsp3) is 0.400. The van der Waals surface area contributed by atoms with E-state index in [1.165, 1.54) is 13.1 Å². The Hall–Kier alpha value is 0.360. The lowest BCUT2D eigenvalue weighted by molar-refractivity contribution is 0.554. The molecule has 0 aliphatic carbocycles. The summed E-state index contributed by atoms with van der Waals surface area (Å²) in [7, 11) is 1.99. The van der Waals surface area contributed by atoms with Crippen molar-refractivity contribution in [1.82, 2.24) is 5.32 Å². The Kier molecular flexibility index (Phi) is 5.38. The number of rotatable bonds is 5. The highest BCUT2D eigenvalue weighted by atomic mass is 79.9. The summed E-state index contributed by atoms with van der Waals surface area (Å²) in [4.78, 5) is 0. The van der Waals surface area contributed by atoms with Crippen molar-refractivity contribution in [1.29, 1.82) is 0 Å². The standard InChI is InChI=1S/C10H13Br2NS/c1-3-4-5-8(13-2)7-6-9(11)14-10(7)12/h3,6,8,13H,1,4-5H2,2H3. The van der Waals surface area contributed by atoms with Crippen molar-refractivity contribution >= 4 is 43.2 Å². The van der Waals surface area contributed by atoms with E-state index < -0.39 is 0 Å². The molecular weight excluding hydrogens is 326 g/mol. The molecule has 1 aromatic heterocycles. The second-order valence-corrected chi connectivity index (χ2v) is 6.74. The second-order valence-electron chi connectivity index (χ2n) is 2.99. The van der Waals surface area contributed by atoms with Gasteiger partial charge in [-0.2, -0.15) is 0 Å². The van der Waals surface area contributed by atoms with Gasteiger partial charge in [-0.3, -0.25) is 0 Å². The van der Waals surface area contributed by atoms with Gasteiger partial charge in [0, 0.05) is 6.04 Å². The van der Waals surface area contributed by atoms with Gasteiger partial charge in [0.2, 0.25) is 0 Å². The number of hydrogen-bond donors (Lipinski definition) is 1.